The number of nitrogen functional groups attached to an aromatic ring is 1. The summed E-state index contributed by atoms with van der Waals surface area (Å²) in [5.41, 5.74) is 12.7. The van der Waals surface area contributed by atoms with E-state index in [1.807, 2.05) is 11.0 Å². The molecule has 18 heavy (non-hydrogen) atoms. The smallest absolute Gasteiger partial charge is 0.250 e. The van der Waals surface area contributed by atoms with Gasteiger partial charge < -0.3 is 26.2 Å². The van der Waals surface area contributed by atoms with Crippen LogP contribution in [0.15, 0.2) is 18.2 Å². The zero-order valence-corrected chi connectivity index (χ0v) is 10.0. The van der Waals surface area contributed by atoms with Gasteiger partial charge in [0, 0.05) is 13.1 Å². The monoisotopic (exact) mass is 251 g/mol. The molecule has 5 N–H and O–H groups in total. The molecule has 2 rings (SSSR count). The summed E-state index contributed by atoms with van der Waals surface area (Å²) in [6.45, 7) is 1.70. The third kappa shape index (κ3) is 2.39. The van der Waals surface area contributed by atoms with Gasteiger partial charge in [-0.3, -0.25) is 4.79 Å². The minimum atomic E-state index is -0.540. The molecule has 1 unspecified atom stereocenters. The van der Waals surface area contributed by atoms with Crippen molar-refractivity contribution in [3.8, 4) is 0 Å². The third-order valence-electron chi connectivity index (χ3n) is 3.03. The average Bonchev–Trinajstić information content (AvgIpc) is 2.38. The second-order valence-corrected chi connectivity index (χ2v) is 4.22. The molecule has 1 atom stereocenters. The van der Waals surface area contributed by atoms with E-state index in [1.165, 1.54) is 0 Å². The Kier molecular flexibility index (Phi) is 3.69. The van der Waals surface area contributed by atoms with Gasteiger partial charge in [-0.25, -0.2) is 0 Å². The number of hydrogen-bond acceptors (Lipinski definition) is 5. The highest BCUT2D eigenvalue weighted by atomic mass is 16.5. The molecular weight excluding hydrogens is 234 g/mol. The lowest BCUT2D eigenvalue weighted by Crippen LogP contribution is -2.44. The number of carbonyl (C=O) groups excluding carboxylic acids is 1. The van der Waals surface area contributed by atoms with Crippen LogP contribution in [0, 0.1) is 0 Å². The molecule has 1 aliphatic rings. The Morgan fingerprint density at radius 2 is 2.33 bits per heavy atom. The maximum absolute atomic E-state index is 11.2. The van der Waals surface area contributed by atoms with Crippen LogP contribution >= 0.6 is 0 Å². The van der Waals surface area contributed by atoms with Gasteiger partial charge in [-0.1, -0.05) is 6.07 Å². The molecule has 1 aliphatic heterocycles. The van der Waals surface area contributed by atoms with Crippen molar-refractivity contribution in [3.05, 3.63) is 23.8 Å². The molecule has 98 valence electrons. The van der Waals surface area contributed by atoms with Crippen LogP contribution in [0.1, 0.15) is 10.4 Å². The number of hydrogen-bond donors (Lipinski definition) is 3. The van der Waals surface area contributed by atoms with E-state index in [0.717, 1.165) is 5.69 Å². The molecule has 1 saturated heterocycles. The summed E-state index contributed by atoms with van der Waals surface area (Å²) in [7, 11) is 0. The van der Waals surface area contributed by atoms with Crippen LogP contribution in [0.5, 0.6) is 0 Å². The van der Waals surface area contributed by atoms with E-state index in [4.69, 9.17) is 21.3 Å². The molecule has 1 aromatic rings. The molecule has 6 heteroatoms. The molecule has 0 spiro atoms. The van der Waals surface area contributed by atoms with E-state index in [0.29, 0.717) is 30.9 Å². The van der Waals surface area contributed by atoms with Crippen molar-refractivity contribution < 1.29 is 14.6 Å². The predicted molar refractivity (Wildman–Crippen MR) is 68.4 cm³/mol. The summed E-state index contributed by atoms with van der Waals surface area (Å²) >= 11 is 0. The highest BCUT2D eigenvalue weighted by Gasteiger charge is 2.22. The lowest BCUT2D eigenvalue weighted by Gasteiger charge is -2.34. The number of aliphatic hydroxyl groups excluding tert-OH is 1. The van der Waals surface area contributed by atoms with Gasteiger partial charge in [-0.15, -0.1) is 0 Å². The van der Waals surface area contributed by atoms with Crippen molar-refractivity contribution in [1.82, 2.24) is 0 Å². The summed E-state index contributed by atoms with van der Waals surface area (Å²) < 4.78 is 5.37. The maximum atomic E-state index is 11.2. The van der Waals surface area contributed by atoms with Crippen molar-refractivity contribution in [3.63, 3.8) is 0 Å². The van der Waals surface area contributed by atoms with Crippen molar-refractivity contribution >= 4 is 17.3 Å². The summed E-state index contributed by atoms with van der Waals surface area (Å²) in [5, 5.41) is 9.11. The van der Waals surface area contributed by atoms with E-state index in [9.17, 15) is 4.79 Å². The second kappa shape index (κ2) is 5.24. The van der Waals surface area contributed by atoms with Crippen molar-refractivity contribution in [1.29, 1.82) is 0 Å². The lowest BCUT2D eigenvalue weighted by molar-refractivity contribution is 0.00360. The van der Waals surface area contributed by atoms with Crippen LogP contribution in [0.25, 0.3) is 0 Å². The fourth-order valence-electron chi connectivity index (χ4n) is 2.09. The van der Waals surface area contributed by atoms with Crippen LogP contribution in [-0.4, -0.2) is 43.4 Å². The highest BCUT2D eigenvalue weighted by molar-refractivity contribution is 6.00. The Balaban J connectivity index is 2.27. The molecule has 0 aliphatic carbocycles. The lowest BCUT2D eigenvalue weighted by atomic mass is 10.1. The van der Waals surface area contributed by atoms with Crippen LogP contribution < -0.4 is 16.4 Å². The highest BCUT2D eigenvalue weighted by Crippen LogP contribution is 2.27. The zero-order chi connectivity index (χ0) is 13.1. The molecule has 0 saturated carbocycles. The van der Waals surface area contributed by atoms with E-state index in [-0.39, 0.29) is 12.7 Å². The Hall–Kier alpha value is -1.79. The number of morpholine rings is 1. The first kappa shape index (κ1) is 12.7. The minimum absolute atomic E-state index is 0.0358. The number of aliphatic hydroxyl groups is 1. The van der Waals surface area contributed by atoms with Crippen molar-refractivity contribution in [2.45, 2.75) is 6.10 Å². The summed E-state index contributed by atoms with van der Waals surface area (Å²) in [6.07, 6.45) is -0.226. The van der Waals surface area contributed by atoms with Gasteiger partial charge in [-0.05, 0) is 12.1 Å². The van der Waals surface area contributed by atoms with Crippen LogP contribution in [0.4, 0.5) is 11.4 Å². The number of primary amides is 1. The first-order chi connectivity index (χ1) is 8.63. The molecule has 1 fully saturated rings. The fraction of sp³-hybridized carbons (Fsp3) is 0.417. The van der Waals surface area contributed by atoms with E-state index < -0.39 is 5.91 Å². The zero-order valence-electron chi connectivity index (χ0n) is 10.0. The average molecular weight is 251 g/mol. The predicted octanol–water partition coefficient (Wildman–Crippen LogP) is -0.435. The number of nitrogens with zero attached hydrogens (tertiary/aromatic N) is 1. The van der Waals surface area contributed by atoms with Crippen LogP contribution in [-0.2, 0) is 4.74 Å². The number of nitrogens with two attached hydrogens (primary N) is 2. The normalized spacial score (nSPS) is 19.8. The number of benzene rings is 1. The Morgan fingerprint density at radius 1 is 1.56 bits per heavy atom. The number of anilines is 2. The number of ether oxygens (including phenoxy) is 1. The first-order valence-corrected chi connectivity index (χ1v) is 5.79. The first-order valence-electron chi connectivity index (χ1n) is 5.79. The molecule has 0 radical (unpaired) electrons. The number of rotatable bonds is 3. The molecule has 0 aromatic heterocycles. The number of carbonyl (C=O) groups is 1. The second-order valence-electron chi connectivity index (χ2n) is 4.22. The molecule has 1 heterocycles. The van der Waals surface area contributed by atoms with E-state index >= 15 is 0 Å². The molecular formula is C12H17N3O3. The summed E-state index contributed by atoms with van der Waals surface area (Å²) in [6, 6.07) is 5.18. The maximum Gasteiger partial charge on any atom is 0.250 e. The standard InChI is InChI=1S/C12H17N3O3/c13-11-9(12(14)17)2-1-3-10(11)15-4-5-18-8(6-15)7-16/h1-3,8,16H,4-7,13H2,(H2,14,17). The molecule has 6 nitrogen and oxygen atoms in total. The molecule has 1 aromatic carbocycles. The Labute approximate surface area is 105 Å². The largest absolute Gasteiger partial charge is 0.396 e. The minimum Gasteiger partial charge on any atom is -0.396 e. The van der Waals surface area contributed by atoms with Gasteiger partial charge in [0.1, 0.15) is 0 Å². The number of para-hydroxylation sites is 1. The van der Waals surface area contributed by atoms with E-state index in [2.05, 4.69) is 0 Å². The summed E-state index contributed by atoms with van der Waals surface area (Å²) in [4.78, 5) is 13.2. The van der Waals surface area contributed by atoms with Gasteiger partial charge in [0.2, 0.25) is 0 Å². The van der Waals surface area contributed by atoms with Gasteiger partial charge in [0.25, 0.3) is 5.91 Å². The summed E-state index contributed by atoms with van der Waals surface area (Å²) in [5.74, 6) is -0.540. The van der Waals surface area contributed by atoms with Crippen LogP contribution in [0.2, 0.25) is 0 Å². The number of amides is 1. The van der Waals surface area contributed by atoms with Gasteiger partial charge in [-0.2, -0.15) is 0 Å². The van der Waals surface area contributed by atoms with Gasteiger partial charge in [0.05, 0.1) is 36.3 Å². The van der Waals surface area contributed by atoms with Crippen molar-refractivity contribution in [2.75, 3.05) is 36.9 Å². The van der Waals surface area contributed by atoms with E-state index in [1.54, 1.807) is 12.1 Å². The van der Waals surface area contributed by atoms with Crippen LogP contribution in [0.3, 0.4) is 0 Å². The van der Waals surface area contributed by atoms with Gasteiger partial charge in [0.15, 0.2) is 0 Å². The fourth-order valence-corrected chi connectivity index (χ4v) is 2.09. The van der Waals surface area contributed by atoms with Gasteiger partial charge >= 0.3 is 0 Å². The topological polar surface area (TPSA) is 102 Å². The quantitative estimate of drug-likeness (QED) is 0.632. The molecule has 0 bridgehead atoms. The Bertz CT molecular complexity index is 450. The SMILES string of the molecule is NC(=O)c1cccc(N2CCOC(CO)C2)c1N. The molecule has 1 amide bonds. The Morgan fingerprint density at radius 3 is 3.00 bits per heavy atom. The van der Waals surface area contributed by atoms with Crippen molar-refractivity contribution in [2.24, 2.45) is 5.73 Å². The third-order valence-corrected chi connectivity index (χ3v) is 3.03.